The third-order valence-electron chi connectivity index (χ3n) is 3.69. The molecule has 0 aliphatic carbocycles. The zero-order valence-electron chi connectivity index (χ0n) is 12.8. The maximum absolute atomic E-state index is 11.7. The number of carboxylic acids is 1. The second-order valence-corrected chi connectivity index (χ2v) is 5.38. The molecule has 0 saturated carbocycles. The van der Waals surface area contributed by atoms with Gasteiger partial charge in [0.25, 0.3) is 5.89 Å². The highest BCUT2D eigenvalue weighted by molar-refractivity contribution is 6.01. The second kappa shape index (κ2) is 5.89. The number of hydrogen-bond donors (Lipinski definition) is 1. The van der Waals surface area contributed by atoms with Gasteiger partial charge in [-0.3, -0.25) is 9.59 Å². The summed E-state index contributed by atoms with van der Waals surface area (Å²) >= 11 is 0. The number of carbonyl (C=O) groups excluding carboxylic acids is 1. The van der Waals surface area contributed by atoms with E-state index in [1.54, 1.807) is 18.2 Å². The van der Waals surface area contributed by atoms with Crippen LogP contribution in [0.25, 0.3) is 11.4 Å². The van der Waals surface area contributed by atoms with Crippen LogP contribution in [-0.2, 0) is 9.59 Å². The molecule has 2 aliphatic heterocycles. The minimum atomic E-state index is -1.15. The molecular weight excluding hydrogens is 332 g/mol. The second-order valence-electron chi connectivity index (χ2n) is 5.38. The molecule has 1 N–H and O–H groups in total. The molecule has 1 aromatic heterocycles. The van der Waals surface area contributed by atoms with Gasteiger partial charge in [0, 0.05) is 18.4 Å². The summed E-state index contributed by atoms with van der Waals surface area (Å²) < 4.78 is 15.8. The van der Waals surface area contributed by atoms with E-state index in [1.807, 2.05) is 0 Å². The number of carboxylic acid groups (broad SMARTS) is 1. The maximum Gasteiger partial charge on any atom is 0.325 e. The highest BCUT2D eigenvalue weighted by Gasteiger charge is 2.26. The number of aromatic nitrogens is 2. The topological polar surface area (TPSA) is 127 Å². The first-order valence-electron chi connectivity index (χ1n) is 7.44. The number of benzene rings is 1. The van der Waals surface area contributed by atoms with E-state index in [0.717, 1.165) is 5.01 Å². The lowest BCUT2D eigenvalue weighted by atomic mass is 10.1. The summed E-state index contributed by atoms with van der Waals surface area (Å²) in [5, 5.41) is 17.7. The number of hydrazone groups is 1. The summed E-state index contributed by atoms with van der Waals surface area (Å²) in [5.74, 6) is 0.212. The van der Waals surface area contributed by atoms with Crippen molar-refractivity contribution in [2.75, 3.05) is 13.3 Å². The lowest BCUT2D eigenvalue weighted by Gasteiger charge is -2.20. The van der Waals surface area contributed by atoms with Crippen LogP contribution in [0.4, 0.5) is 0 Å². The quantitative estimate of drug-likeness (QED) is 0.865. The van der Waals surface area contributed by atoms with E-state index in [0.29, 0.717) is 35.0 Å². The Morgan fingerprint density at radius 3 is 2.92 bits per heavy atom. The molecule has 0 radical (unpaired) electrons. The summed E-state index contributed by atoms with van der Waals surface area (Å²) in [6.45, 7) is -0.341. The fourth-order valence-corrected chi connectivity index (χ4v) is 2.50. The molecule has 2 aliphatic rings. The predicted octanol–water partition coefficient (Wildman–Crippen LogP) is 0.876. The van der Waals surface area contributed by atoms with Crippen molar-refractivity contribution in [2.45, 2.75) is 12.8 Å². The number of carbonyl (C=O) groups is 2. The molecule has 0 bridgehead atoms. The first kappa shape index (κ1) is 15.1. The molecule has 0 fully saturated rings. The lowest BCUT2D eigenvalue weighted by Crippen LogP contribution is -2.35. The Bertz CT molecular complexity index is 890. The van der Waals surface area contributed by atoms with Crippen molar-refractivity contribution in [2.24, 2.45) is 5.10 Å². The Morgan fingerprint density at radius 2 is 2.08 bits per heavy atom. The van der Waals surface area contributed by atoms with E-state index >= 15 is 0 Å². The van der Waals surface area contributed by atoms with Crippen LogP contribution in [0.3, 0.4) is 0 Å². The molecule has 0 saturated heterocycles. The summed E-state index contributed by atoms with van der Waals surface area (Å²) in [4.78, 5) is 26.8. The van der Waals surface area contributed by atoms with Crippen molar-refractivity contribution in [3.05, 3.63) is 24.1 Å². The Balaban J connectivity index is 1.60. The van der Waals surface area contributed by atoms with E-state index in [2.05, 4.69) is 15.2 Å². The van der Waals surface area contributed by atoms with Crippen LogP contribution in [0.1, 0.15) is 18.7 Å². The molecule has 128 valence electrons. The molecule has 10 nitrogen and oxygen atoms in total. The van der Waals surface area contributed by atoms with E-state index in [4.69, 9.17) is 19.1 Å². The Hall–Kier alpha value is -3.43. The van der Waals surface area contributed by atoms with Gasteiger partial charge in [0.2, 0.25) is 18.5 Å². The monoisotopic (exact) mass is 344 g/mol. The number of ether oxygens (including phenoxy) is 2. The standard InChI is InChI=1S/C15H12N4O6/c20-12-4-2-9(17-19(12)6-13(21)22)15-16-14(18-25-15)8-1-3-10-11(5-8)24-7-23-10/h1,3,5H,2,4,6-7H2,(H,21,22). The van der Waals surface area contributed by atoms with Gasteiger partial charge in [-0.25, -0.2) is 5.01 Å². The number of hydrogen-bond acceptors (Lipinski definition) is 8. The molecular formula is C15H12N4O6. The van der Waals surface area contributed by atoms with Crippen LogP contribution in [0.15, 0.2) is 27.8 Å². The van der Waals surface area contributed by atoms with Crippen molar-refractivity contribution < 1.29 is 28.7 Å². The van der Waals surface area contributed by atoms with Gasteiger partial charge in [0.05, 0.1) is 0 Å². The van der Waals surface area contributed by atoms with Crippen molar-refractivity contribution in [1.29, 1.82) is 0 Å². The molecule has 1 amide bonds. The molecule has 0 unspecified atom stereocenters. The smallest absolute Gasteiger partial charge is 0.325 e. The van der Waals surface area contributed by atoms with Gasteiger partial charge in [0.15, 0.2) is 11.5 Å². The number of aliphatic carboxylic acids is 1. The normalized spacial score (nSPS) is 16.1. The van der Waals surface area contributed by atoms with Crippen LogP contribution < -0.4 is 9.47 Å². The summed E-state index contributed by atoms with van der Waals surface area (Å²) in [6, 6.07) is 5.25. The fraction of sp³-hybridized carbons (Fsp3) is 0.267. The number of amides is 1. The Kier molecular flexibility index (Phi) is 3.56. The van der Waals surface area contributed by atoms with Crippen molar-refractivity contribution in [3.8, 4) is 22.9 Å². The van der Waals surface area contributed by atoms with E-state index < -0.39 is 12.5 Å². The largest absolute Gasteiger partial charge is 0.480 e. The number of nitrogens with zero attached hydrogens (tertiary/aromatic N) is 4. The van der Waals surface area contributed by atoms with Crippen LogP contribution in [0, 0.1) is 0 Å². The summed E-state index contributed by atoms with van der Waals surface area (Å²) in [6.07, 6.45) is 0.436. The lowest BCUT2D eigenvalue weighted by molar-refractivity contribution is -0.144. The Morgan fingerprint density at radius 1 is 1.24 bits per heavy atom. The van der Waals surface area contributed by atoms with Gasteiger partial charge in [-0.05, 0) is 18.2 Å². The zero-order chi connectivity index (χ0) is 17.4. The maximum atomic E-state index is 11.7. The van der Waals surface area contributed by atoms with Crippen LogP contribution in [0.5, 0.6) is 11.5 Å². The molecule has 10 heteroatoms. The molecule has 4 rings (SSSR count). The van der Waals surface area contributed by atoms with Crippen molar-refractivity contribution in [3.63, 3.8) is 0 Å². The summed E-state index contributed by atoms with van der Waals surface area (Å²) in [5.41, 5.74) is 1.05. The number of rotatable bonds is 4. The molecule has 3 heterocycles. The first-order valence-corrected chi connectivity index (χ1v) is 7.44. The minimum Gasteiger partial charge on any atom is -0.480 e. The predicted molar refractivity (Wildman–Crippen MR) is 81.0 cm³/mol. The van der Waals surface area contributed by atoms with Crippen molar-refractivity contribution in [1.82, 2.24) is 15.1 Å². The molecule has 1 aromatic carbocycles. The van der Waals surface area contributed by atoms with Crippen LogP contribution in [0.2, 0.25) is 0 Å². The third kappa shape index (κ3) is 2.89. The van der Waals surface area contributed by atoms with Gasteiger partial charge in [0.1, 0.15) is 12.3 Å². The SMILES string of the molecule is O=C(O)CN1N=C(c2nc(-c3ccc4c(c3)OCO4)no2)CCC1=O. The first-order chi connectivity index (χ1) is 12.1. The molecule has 0 atom stereocenters. The highest BCUT2D eigenvalue weighted by atomic mass is 16.7. The minimum absolute atomic E-state index is 0.133. The van der Waals surface area contributed by atoms with Gasteiger partial charge < -0.3 is 19.1 Å². The average molecular weight is 344 g/mol. The average Bonchev–Trinajstić information content (AvgIpc) is 3.24. The molecule has 25 heavy (non-hydrogen) atoms. The van der Waals surface area contributed by atoms with Crippen LogP contribution in [-0.4, -0.2) is 51.2 Å². The third-order valence-corrected chi connectivity index (χ3v) is 3.69. The zero-order valence-corrected chi connectivity index (χ0v) is 12.8. The van der Waals surface area contributed by atoms with E-state index in [1.165, 1.54) is 0 Å². The van der Waals surface area contributed by atoms with Gasteiger partial charge >= 0.3 is 5.97 Å². The van der Waals surface area contributed by atoms with Gasteiger partial charge in [-0.2, -0.15) is 10.1 Å². The van der Waals surface area contributed by atoms with E-state index in [9.17, 15) is 9.59 Å². The van der Waals surface area contributed by atoms with E-state index in [-0.39, 0.29) is 25.0 Å². The number of fused-ring (bicyclic) bond motifs is 1. The van der Waals surface area contributed by atoms with Crippen molar-refractivity contribution >= 4 is 17.6 Å². The molecule has 0 spiro atoms. The van der Waals surface area contributed by atoms with Crippen LogP contribution >= 0.6 is 0 Å². The van der Waals surface area contributed by atoms with Gasteiger partial charge in [-0.1, -0.05) is 5.16 Å². The highest BCUT2D eigenvalue weighted by Crippen LogP contribution is 2.35. The fourth-order valence-electron chi connectivity index (χ4n) is 2.50. The summed E-state index contributed by atoms with van der Waals surface area (Å²) in [7, 11) is 0. The van der Waals surface area contributed by atoms with Gasteiger partial charge in [-0.15, -0.1) is 0 Å². The molecule has 2 aromatic rings. The Labute approximate surface area is 140 Å².